The van der Waals surface area contributed by atoms with Gasteiger partial charge in [0.2, 0.25) is 0 Å². The lowest BCUT2D eigenvalue weighted by atomic mass is 9.96. The van der Waals surface area contributed by atoms with Gasteiger partial charge in [-0.2, -0.15) is 5.10 Å². The number of rotatable bonds is 1. The second kappa shape index (κ2) is 4.12. The summed E-state index contributed by atoms with van der Waals surface area (Å²) >= 11 is 0. The van der Waals surface area contributed by atoms with Crippen LogP contribution >= 0.6 is 0 Å². The van der Waals surface area contributed by atoms with Crippen LogP contribution in [0.1, 0.15) is 32.2 Å². The highest BCUT2D eigenvalue weighted by Crippen LogP contribution is 2.25. The summed E-state index contributed by atoms with van der Waals surface area (Å²) in [5.74, 6) is 1.73. The summed E-state index contributed by atoms with van der Waals surface area (Å²) in [6.45, 7) is 8.33. The Morgan fingerprint density at radius 2 is 1.89 bits per heavy atom. The SMILES string of the molecule is Cc1cc(-c2nc(C(C)(C)C)nn2C)ccc1N. The van der Waals surface area contributed by atoms with Crippen LogP contribution < -0.4 is 5.73 Å². The molecule has 2 N–H and O–H groups in total. The van der Waals surface area contributed by atoms with Crippen LogP contribution in [0.2, 0.25) is 0 Å². The van der Waals surface area contributed by atoms with Crippen LogP contribution in [0.15, 0.2) is 18.2 Å². The van der Waals surface area contributed by atoms with Crippen LogP contribution in [0.3, 0.4) is 0 Å². The van der Waals surface area contributed by atoms with Gasteiger partial charge < -0.3 is 5.73 Å². The predicted octanol–water partition coefficient (Wildman–Crippen LogP) is 2.67. The molecule has 18 heavy (non-hydrogen) atoms. The molecular formula is C14H20N4. The molecule has 0 radical (unpaired) electrons. The van der Waals surface area contributed by atoms with E-state index in [0.29, 0.717) is 0 Å². The van der Waals surface area contributed by atoms with Crippen molar-refractivity contribution in [3.05, 3.63) is 29.6 Å². The van der Waals surface area contributed by atoms with Crippen molar-refractivity contribution in [1.29, 1.82) is 0 Å². The van der Waals surface area contributed by atoms with Crippen LogP contribution in [-0.4, -0.2) is 14.8 Å². The molecule has 1 aromatic heterocycles. The Labute approximate surface area is 108 Å². The maximum absolute atomic E-state index is 5.84. The molecular weight excluding hydrogens is 224 g/mol. The Balaban J connectivity index is 2.51. The van der Waals surface area contributed by atoms with Crippen LogP contribution in [0.5, 0.6) is 0 Å². The van der Waals surface area contributed by atoms with Crippen molar-refractivity contribution in [2.45, 2.75) is 33.1 Å². The molecule has 0 saturated carbocycles. The first kappa shape index (κ1) is 12.6. The minimum Gasteiger partial charge on any atom is -0.399 e. The number of hydrogen-bond donors (Lipinski definition) is 1. The topological polar surface area (TPSA) is 56.7 Å². The molecule has 4 heteroatoms. The molecule has 0 atom stereocenters. The van der Waals surface area contributed by atoms with Crippen molar-refractivity contribution in [2.24, 2.45) is 7.05 Å². The average Bonchev–Trinajstić information content (AvgIpc) is 2.64. The lowest BCUT2D eigenvalue weighted by molar-refractivity contribution is 0.538. The van der Waals surface area contributed by atoms with E-state index in [-0.39, 0.29) is 5.41 Å². The second-order valence-electron chi connectivity index (χ2n) is 5.70. The molecule has 0 aliphatic rings. The van der Waals surface area contributed by atoms with E-state index in [0.717, 1.165) is 28.5 Å². The van der Waals surface area contributed by atoms with E-state index in [2.05, 4.69) is 30.9 Å². The number of benzene rings is 1. The Hall–Kier alpha value is -1.84. The highest BCUT2D eigenvalue weighted by molar-refractivity contribution is 5.62. The third kappa shape index (κ3) is 2.23. The number of anilines is 1. The summed E-state index contributed by atoms with van der Waals surface area (Å²) < 4.78 is 1.82. The molecule has 0 fully saturated rings. The summed E-state index contributed by atoms with van der Waals surface area (Å²) in [6, 6.07) is 5.95. The minimum atomic E-state index is -0.0428. The Kier molecular flexibility index (Phi) is 2.89. The normalized spacial score (nSPS) is 11.8. The van der Waals surface area contributed by atoms with Crippen molar-refractivity contribution in [1.82, 2.24) is 14.8 Å². The van der Waals surface area contributed by atoms with Crippen LogP contribution in [0, 0.1) is 6.92 Å². The van der Waals surface area contributed by atoms with E-state index in [1.54, 1.807) is 0 Å². The van der Waals surface area contributed by atoms with Crippen molar-refractivity contribution >= 4 is 5.69 Å². The molecule has 1 aromatic carbocycles. The molecule has 0 unspecified atom stereocenters. The predicted molar refractivity (Wildman–Crippen MR) is 74.3 cm³/mol. The fraction of sp³-hybridized carbons (Fsp3) is 0.429. The monoisotopic (exact) mass is 244 g/mol. The van der Waals surface area contributed by atoms with Gasteiger partial charge in [0, 0.05) is 23.7 Å². The number of nitrogens with zero attached hydrogens (tertiary/aromatic N) is 3. The van der Waals surface area contributed by atoms with Gasteiger partial charge in [0.1, 0.15) is 0 Å². The minimum absolute atomic E-state index is 0.0428. The molecule has 0 aliphatic carbocycles. The van der Waals surface area contributed by atoms with Gasteiger partial charge in [-0.25, -0.2) is 9.67 Å². The molecule has 0 bridgehead atoms. The van der Waals surface area contributed by atoms with Gasteiger partial charge in [-0.1, -0.05) is 20.8 Å². The third-order valence-corrected chi connectivity index (χ3v) is 2.96. The van der Waals surface area contributed by atoms with E-state index in [1.165, 1.54) is 0 Å². The quantitative estimate of drug-likeness (QED) is 0.785. The highest BCUT2D eigenvalue weighted by Gasteiger charge is 2.21. The van der Waals surface area contributed by atoms with Gasteiger partial charge >= 0.3 is 0 Å². The van der Waals surface area contributed by atoms with E-state index >= 15 is 0 Å². The fourth-order valence-corrected chi connectivity index (χ4v) is 1.77. The number of aryl methyl sites for hydroxylation is 2. The molecule has 96 valence electrons. The zero-order valence-corrected chi connectivity index (χ0v) is 11.7. The van der Waals surface area contributed by atoms with E-state index in [1.807, 2.05) is 36.9 Å². The summed E-state index contributed by atoms with van der Waals surface area (Å²) in [7, 11) is 1.92. The largest absolute Gasteiger partial charge is 0.399 e. The summed E-state index contributed by atoms with van der Waals surface area (Å²) in [6.07, 6.45) is 0. The van der Waals surface area contributed by atoms with Crippen LogP contribution in [0.25, 0.3) is 11.4 Å². The molecule has 0 amide bonds. The molecule has 0 saturated heterocycles. The maximum atomic E-state index is 5.84. The smallest absolute Gasteiger partial charge is 0.158 e. The van der Waals surface area contributed by atoms with Gasteiger partial charge in [0.15, 0.2) is 11.6 Å². The van der Waals surface area contributed by atoms with Crippen LogP contribution in [-0.2, 0) is 12.5 Å². The van der Waals surface area contributed by atoms with Crippen molar-refractivity contribution in [3.63, 3.8) is 0 Å². The average molecular weight is 244 g/mol. The standard InChI is InChI=1S/C14H20N4/c1-9-8-10(6-7-11(9)15)12-16-13(14(2,3)4)17-18(12)5/h6-8H,15H2,1-5H3. The Bertz CT molecular complexity index is 576. The Morgan fingerprint density at radius 1 is 1.22 bits per heavy atom. The zero-order chi connectivity index (χ0) is 13.5. The van der Waals surface area contributed by atoms with E-state index < -0.39 is 0 Å². The van der Waals surface area contributed by atoms with Crippen molar-refractivity contribution in [2.75, 3.05) is 5.73 Å². The molecule has 0 spiro atoms. The zero-order valence-electron chi connectivity index (χ0n) is 11.7. The van der Waals surface area contributed by atoms with E-state index in [4.69, 9.17) is 5.73 Å². The second-order valence-corrected chi connectivity index (χ2v) is 5.70. The number of nitrogens with two attached hydrogens (primary N) is 1. The van der Waals surface area contributed by atoms with Gasteiger partial charge in [-0.3, -0.25) is 0 Å². The van der Waals surface area contributed by atoms with Gasteiger partial charge in [0.25, 0.3) is 0 Å². The third-order valence-electron chi connectivity index (χ3n) is 2.96. The first-order valence-corrected chi connectivity index (χ1v) is 6.07. The lowest BCUT2D eigenvalue weighted by Crippen LogP contribution is -2.13. The molecule has 4 nitrogen and oxygen atoms in total. The Morgan fingerprint density at radius 3 is 2.39 bits per heavy atom. The van der Waals surface area contributed by atoms with Crippen molar-refractivity contribution in [3.8, 4) is 11.4 Å². The summed E-state index contributed by atoms with van der Waals surface area (Å²) in [4.78, 5) is 4.63. The fourth-order valence-electron chi connectivity index (χ4n) is 1.77. The summed E-state index contributed by atoms with van der Waals surface area (Å²) in [5, 5.41) is 4.48. The molecule has 1 heterocycles. The highest BCUT2D eigenvalue weighted by atomic mass is 15.3. The summed E-state index contributed by atoms with van der Waals surface area (Å²) in [5.41, 5.74) is 8.71. The first-order chi connectivity index (χ1) is 8.29. The lowest BCUT2D eigenvalue weighted by Gasteiger charge is -2.12. The first-order valence-electron chi connectivity index (χ1n) is 6.07. The van der Waals surface area contributed by atoms with Gasteiger partial charge in [-0.15, -0.1) is 0 Å². The van der Waals surface area contributed by atoms with Gasteiger partial charge in [0.05, 0.1) is 0 Å². The number of aromatic nitrogens is 3. The van der Waals surface area contributed by atoms with Gasteiger partial charge in [-0.05, 0) is 30.7 Å². The molecule has 2 aromatic rings. The number of nitrogen functional groups attached to an aromatic ring is 1. The van der Waals surface area contributed by atoms with E-state index in [9.17, 15) is 0 Å². The maximum Gasteiger partial charge on any atom is 0.158 e. The van der Waals surface area contributed by atoms with Crippen LogP contribution in [0.4, 0.5) is 5.69 Å². The molecule has 2 rings (SSSR count). The number of hydrogen-bond acceptors (Lipinski definition) is 3. The molecule has 0 aliphatic heterocycles. The van der Waals surface area contributed by atoms with Crippen molar-refractivity contribution < 1.29 is 0 Å².